The van der Waals surface area contributed by atoms with Gasteiger partial charge in [-0.3, -0.25) is 0 Å². The van der Waals surface area contributed by atoms with Crippen molar-refractivity contribution in [3.8, 4) is 11.5 Å². The summed E-state index contributed by atoms with van der Waals surface area (Å²) in [5.74, 6) is 1.17. The Balaban J connectivity index is 1.92. The molecule has 0 bridgehead atoms. The molecule has 8 heteroatoms. The van der Waals surface area contributed by atoms with Gasteiger partial charge in [0, 0.05) is 29.3 Å². The molecule has 0 saturated heterocycles. The van der Waals surface area contributed by atoms with Gasteiger partial charge in [-0.25, -0.2) is 18.1 Å². The van der Waals surface area contributed by atoms with Crippen LogP contribution in [0.25, 0.3) is 0 Å². The quantitative estimate of drug-likeness (QED) is 0.813. The van der Waals surface area contributed by atoms with Crippen LogP contribution >= 0.6 is 11.3 Å². The molecule has 0 amide bonds. The third kappa shape index (κ3) is 3.71. The maximum absolute atomic E-state index is 12.8. The van der Waals surface area contributed by atoms with Crippen molar-refractivity contribution in [3.63, 3.8) is 0 Å². The van der Waals surface area contributed by atoms with Gasteiger partial charge in [0.2, 0.25) is 10.0 Å². The van der Waals surface area contributed by atoms with Crippen molar-refractivity contribution in [3.05, 3.63) is 34.3 Å². The van der Waals surface area contributed by atoms with Gasteiger partial charge in [0.05, 0.1) is 25.2 Å². The van der Waals surface area contributed by atoms with Crippen molar-refractivity contribution >= 4 is 21.4 Å². The van der Waals surface area contributed by atoms with Crippen molar-refractivity contribution in [1.29, 1.82) is 0 Å². The number of hydrogen-bond donors (Lipinski definition) is 1. The molecule has 1 fully saturated rings. The summed E-state index contributed by atoms with van der Waals surface area (Å²) in [7, 11) is -0.732. The van der Waals surface area contributed by atoms with E-state index in [0.717, 1.165) is 22.7 Å². The molecule has 1 aliphatic rings. The average Bonchev–Trinajstić information content (AvgIpc) is 3.33. The lowest BCUT2D eigenvalue weighted by Gasteiger charge is -2.17. The Hall–Kier alpha value is -1.64. The van der Waals surface area contributed by atoms with Crippen LogP contribution in [0.3, 0.4) is 0 Å². The summed E-state index contributed by atoms with van der Waals surface area (Å²) < 4.78 is 38.8. The number of hydrogen-bond acceptors (Lipinski definition) is 6. The maximum Gasteiger partial charge on any atom is 0.241 e. The number of ether oxygens (including phenoxy) is 2. The van der Waals surface area contributed by atoms with Crippen molar-refractivity contribution < 1.29 is 17.9 Å². The fourth-order valence-electron chi connectivity index (χ4n) is 2.47. The molecule has 6 nitrogen and oxygen atoms in total. The Morgan fingerprint density at radius 3 is 2.29 bits per heavy atom. The number of sulfonamides is 1. The summed E-state index contributed by atoms with van der Waals surface area (Å²) in [5, 5.41) is 0.813. The van der Waals surface area contributed by atoms with Crippen LogP contribution in [0.15, 0.2) is 29.3 Å². The Labute approximate surface area is 145 Å². The maximum atomic E-state index is 12.8. The van der Waals surface area contributed by atoms with Gasteiger partial charge in [-0.15, -0.1) is 11.3 Å². The van der Waals surface area contributed by atoms with E-state index in [1.807, 2.05) is 6.92 Å². The van der Waals surface area contributed by atoms with Crippen LogP contribution in [0.5, 0.6) is 11.5 Å². The second-order valence-corrected chi connectivity index (χ2v) is 8.77. The zero-order valence-electron chi connectivity index (χ0n) is 13.8. The van der Waals surface area contributed by atoms with E-state index in [4.69, 9.17) is 9.47 Å². The fourth-order valence-corrected chi connectivity index (χ4v) is 4.78. The van der Waals surface area contributed by atoms with Gasteiger partial charge in [0.25, 0.3) is 0 Å². The molecular weight excluding hydrogens is 348 g/mol. The van der Waals surface area contributed by atoms with E-state index >= 15 is 0 Å². The smallest absolute Gasteiger partial charge is 0.241 e. The topological polar surface area (TPSA) is 77.5 Å². The van der Waals surface area contributed by atoms with Gasteiger partial charge in [-0.1, -0.05) is 0 Å². The molecule has 24 heavy (non-hydrogen) atoms. The average molecular weight is 368 g/mol. The molecule has 0 spiro atoms. The largest absolute Gasteiger partial charge is 0.497 e. The highest BCUT2D eigenvalue weighted by molar-refractivity contribution is 7.89. The molecule has 1 atom stereocenters. The second kappa shape index (κ2) is 6.70. The SMILES string of the molecule is COc1cc(OC)cc(S(=O)(=O)N[C@H](c2ncc(C)s2)C2CC2)c1. The Bertz CT molecular complexity index is 806. The normalized spacial score (nSPS) is 16.0. The lowest BCUT2D eigenvalue weighted by molar-refractivity contribution is 0.391. The summed E-state index contributed by atoms with van der Waals surface area (Å²) in [5.41, 5.74) is 0. The van der Waals surface area contributed by atoms with Crippen LogP contribution in [0.2, 0.25) is 0 Å². The van der Waals surface area contributed by atoms with E-state index in [1.165, 1.54) is 37.7 Å². The van der Waals surface area contributed by atoms with E-state index in [2.05, 4.69) is 9.71 Å². The van der Waals surface area contributed by atoms with Crippen LogP contribution in [-0.4, -0.2) is 27.6 Å². The third-order valence-corrected chi connectivity index (χ3v) is 6.33. The number of methoxy groups -OCH3 is 2. The second-order valence-electron chi connectivity index (χ2n) is 5.79. The van der Waals surface area contributed by atoms with Crippen molar-refractivity contribution in [2.45, 2.75) is 30.7 Å². The molecule has 1 heterocycles. The predicted octanol–water partition coefficient (Wildman–Crippen LogP) is 2.90. The summed E-state index contributed by atoms with van der Waals surface area (Å²) in [6.07, 6.45) is 3.79. The van der Waals surface area contributed by atoms with Crippen LogP contribution < -0.4 is 14.2 Å². The molecule has 1 aliphatic carbocycles. The molecular formula is C16H20N2O4S2. The van der Waals surface area contributed by atoms with Gasteiger partial charge < -0.3 is 9.47 Å². The fraction of sp³-hybridized carbons (Fsp3) is 0.438. The molecule has 0 aliphatic heterocycles. The number of nitrogens with zero attached hydrogens (tertiary/aromatic N) is 1. The van der Waals surface area contributed by atoms with Gasteiger partial charge in [-0.2, -0.15) is 0 Å². The molecule has 2 aromatic rings. The number of aromatic nitrogens is 1. The Morgan fingerprint density at radius 2 is 1.83 bits per heavy atom. The van der Waals surface area contributed by atoms with Crippen molar-refractivity contribution in [2.24, 2.45) is 5.92 Å². The minimum absolute atomic E-state index is 0.123. The molecule has 1 aromatic heterocycles. The summed E-state index contributed by atoms with van der Waals surface area (Å²) in [4.78, 5) is 5.56. The number of nitrogens with one attached hydrogen (secondary N) is 1. The molecule has 0 unspecified atom stereocenters. The van der Waals surface area contributed by atoms with Gasteiger partial charge >= 0.3 is 0 Å². The zero-order chi connectivity index (χ0) is 17.3. The standard InChI is InChI=1S/C16H20N2O4S2/c1-10-9-17-16(23-10)15(11-4-5-11)18-24(19,20)14-7-12(21-2)6-13(8-14)22-3/h6-9,11,15,18H,4-5H2,1-3H3/t15-/m0/s1. The monoisotopic (exact) mass is 368 g/mol. The predicted molar refractivity (Wildman–Crippen MR) is 92.2 cm³/mol. The lowest BCUT2D eigenvalue weighted by atomic mass is 10.2. The van der Waals surface area contributed by atoms with Gasteiger partial charge in [0.15, 0.2) is 0 Å². The highest BCUT2D eigenvalue weighted by Gasteiger charge is 2.37. The molecule has 1 aromatic carbocycles. The summed E-state index contributed by atoms with van der Waals surface area (Å²) in [6, 6.07) is 4.33. The first-order chi connectivity index (χ1) is 11.4. The molecule has 1 N–H and O–H groups in total. The third-order valence-electron chi connectivity index (χ3n) is 3.92. The molecule has 130 valence electrons. The Morgan fingerprint density at radius 1 is 1.21 bits per heavy atom. The minimum atomic E-state index is -3.71. The van der Waals surface area contributed by atoms with Crippen molar-refractivity contribution in [1.82, 2.24) is 9.71 Å². The number of benzene rings is 1. The van der Waals surface area contributed by atoms with Crippen LogP contribution in [-0.2, 0) is 10.0 Å². The number of rotatable bonds is 7. The van der Waals surface area contributed by atoms with E-state index in [9.17, 15) is 8.42 Å². The highest BCUT2D eigenvalue weighted by atomic mass is 32.2. The molecule has 3 rings (SSSR count). The Kier molecular flexibility index (Phi) is 4.80. The summed E-state index contributed by atoms with van der Waals surface area (Å²) in [6.45, 7) is 1.96. The lowest BCUT2D eigenvalue weighted by Crippen LogP contribution is -2.30. The highest BCUT2D eigenvalue weighted by Crippen LogP contribution is 2.43. The first kappa shape index (κ1) is 17.2. The minimum Gasteiger partial charge on any atom is -0.497 e. The van der Waals surface area contributed by atoms with Crippen LogP contribution in [0, 0.1) is 12.8 Å². The van der Waals surface area contributed by atoms with E-state index in [0.29, 0.717) is 17.4 Å². The van der Waals surface area contributed by atoms with Crippen LogP contribution in [0.1, 0.15) is 28.8 Å². The van der Waals surface area contributed by atoms with Gasteiger partial charge in [0.1, 0.15) is 16.5 Å². The van der Waals surface area contributed by atoms with Crippen LogP contribution in [0.4, 0.5) is 0 Å². The van der Waals surface area contributed by atoms with E-state index in [1.54, 1.807) is 12.3 Å². The van der Waals surface area contributed by atoms with E-state index in [-0.39, 0.29) is 10.9 Å². The summed E-state index contributed by atoms with van der Waals surface area (Å²) >= 11 is 1.53. The van der Waals surface area contributed by atoms with Gasteiger partial charge in [-0.05, 0) is 25.7 Å². The van der Waals surface area contributed by atoms with Crippen molar-refractivity contribution in [2.75, 3.05) is 14.2 Å². The first-order valence-corrected chi connectivity index (χ1v) is 9.90. The number of aryl methyl sites for hydroxylation is 1. The zero-order valence-corrected chi connectivity index (χ0v) is 15.4. The number of thiazole rings is 1. The molecule has 0 radical (unpaired) electrons. The first-order valence-electron chi connectivity index (χ1n) is 7.60. The molecule has 1 saturated carbocycles. The van der Waals surface area contributed by atoms with E-state index < -0.39 is 10.0 Å².